The molecule has 2 rings (SSSR count). The second kappa shape index (κ2) is 5.83. The lowest BCUT2D eigenvalue weighted by Crippen LogP contribution is -2.36. The van der Waals surface area contributed by atoms with E-state index in [9.17, 15) is 8.42 Å². The summed E-state index contributed by atoms with van der Waals surface area (Å²) in [4.78, 5) is 4.09. The number of nitrogens with one attached hydrogen (secondary N) is 1. The Morgan fingerprint density at radius 3 is 3.11 bits per heavy atom. The fourth-order valence-corrected chi connectivity index (χ4v) is 3.54. The molecule has 1 aromatic rings. The number of aromatic nitrogens is 1. The van der Waals surface area contributed by atoms with Crippen molar-refractivity contribution in [2.75, 3.05) is 25.1 Å². The molecule has 1 fully saturated rings. The largest absolute Gasteiger partial charge is 0.377 e. The highest BCUT2D eigenvalue weighted by Gasteiger charge is 2.28. The Morgan fingerprint density at radius 1 is 1.58 bits per heavy atom. The summed E-state index contributed by atoms with van der Waals surface area (Å²) in [7, 11) is -3.53. The smallest absolute Gasteiger partial charge is 0.243 e. The molecule has 0 aliphatic carbocycles. The molecule has 19 heavy (non-hydrogen) atoms. The molecule has 1 unspecified atom stereocenters. The van der Waals surface area contributed by atoms with Crippen LogP contribution in [-0.4, -0.2) is 43.5 Å². The van der Waals surface area contributed by atoms with Crippen molar-refractivity contribution in [3.05, 3.63) is 18.3 Å². The zero-order valence-corrected chi connectivity index (χ0v) is 11.6. The van der Waals surface area contributed by atoms with Gasteiger partial charge in [-0.15, -0.1) is 0 Å². The first-order chi connectivity index (χ1) is 9.04. The predicted octanol–water partition coefficient (Wildman–Crippen LogP) is 0.167. The molecule has 0 bridgehead atoms. The van der Waals surface area contributed by atoms with Crippen molar-refractivity contribution in [2.45, 2.75) is 24.3 Å². The van der Waals surface area contributed by atoms with E-state index in [4.69, 9.17) is 10.6 Å². The number of hydrogen-bond acceptors (Lipinski definition) is 6. The van der Waals surface area contributed by atoms with E-state index < -0.39 is 10.0 Å². The minimum Gasteiger partial charge on any atom is -0.377 e. The van der Waals surface area contributed by atoms with Gasteiger partial charge in [0.2, 0.25) is 10.0 Å². The van der Waals surface area contributed by atoms with Gasteiger partial charge in [-0.1, -0.05) is 0 Å². The fourth-order valence-electron chi connectivity index (χ4n) is 1.97. The first kappa shape index (κ1) is 14.2. The summed E-state index contributed by atoms with van der Waals surface area (Å²) < 4.78 is 32.0. The van der Waals surface area contributed by atoms with Crippen molar-refractivity contribution >= 4 is 15.8 Å². The molecule has 106 valence electrons. The molecule has 1 aliphatic heterocycles. The van der Waals surface area contributed by atoms with Crippen LogP contribution < -0.4 is 11.3 Å². The number of rotatable bonds is 3. The van der Waals surface area contributed by atoms with Gasteiger partial charge in [0.15, 0.2) is 0 Å². The van der Waals surface area contributed by atoms with Gasteiger partial charge in [-0.3, -0.25) is 0 Å². The number of pyridine rings is 1. The van der Waals surface area contributed by atoms with E-state index in [0.717, 1.165) is 0 Å². The molecule has 0 aromatic carbocycles. The fraction of sp³-hybridized carbons (Fsp3) is 0.545. The molecule has 0 amide bonds. The van der Waals surface area contributed by atoms with Crippen LogP contribution in [-0.2, 0) is 14.8 Å². The maximum Gasteiger partial charge on any atom is 0.243 e. The van der Waals surface area contributed by atoms with Crippen LogP contribution >= 0.6 is 0 Å². The van der Waals surface area contributed by atoms with E-state index >= 15 is 0 Å². The number of hydrogen-bond donors (Lipinski definition) is 2. The minimum atomic E-state index is -3.53. The third-order valence-corrected chi connectivity index (χ3v) is 4.79. The molecule has 8 heteroatoms. The summed E-state index contributed by atoms with van der Waals surface area (Å²) in [6, 6.07) is 2.89. The summed E-state index contributed by atoms with van der Waals surface area (Å²) >= 11 is 0. The van der Waals surface area contributed by atoms with Crippen LogP contribution in [0.5, 0.6) is 0 Å². The van der Waals surface area contributed by atoms with Gasteiger partial charge >= 0.3 is 0 Å². The standard InChI is InChI=1S/C11H18N4O3S/c1-9-8-15(5-2-6-18-9)19(16,17)10-3-4-13-11(7-10)14-12/h3-4,7,9H,2,5-6,8,12H2,1H3,(H,13,14). The molecule has 0 saturated carbocycles. The molecular weight excluding hydrogens is 268 g/mol. The maximum absolute atomic E-state index is 12.5. The van der Waals surface area contributed by atoms with E-state index in [2.05, 4.69) is 10.4 Å². The lowest BCUT2D eigenvalue weighted by molar-refractivity contribution is 0.0752. The Hall–Kier alpha value is -1.22. The van der Waals surface area contributed by atoms with Gasteiger partial charge in [0.1, 0.15) is 5.82 Å². The number of nitrogens with zero attached hydrogens (tertiary/aromatic N) is 2. The van der Waals surface area contributed by atoms with Crippen LogP contribution in [0, 0.1) is 0 Å². The molecule has 0 radical (unpaired) electrons. The van der Waals surface area contributed by atoms with Crippen LogP contribution in [0.25, 0.3) is 0 Å². The van der Waals surface area contributed by atoms with Gasteiger partial charge in [-0.05, 0) is 19.4 Å². The van der Waals surface area contributed by atoms with Crippen molar-refractivity contribution in [1.82, 2.24) is 9.29 Å². The van der Waals surface area contributed by atoms with E-state index in [1.165, 1.54) is 22.6 Å². The zero-order chi connectivity index (χ0) is 13.9. The summed E-state index contributed by atoms with van der Waals surface area (Å²) in [5, 5.41) is 0. The average Bonchev–Trinajstić information content (AvgIpc) is 2.64. The molecule has 1 aliphatic rings. The highest BCUT2D eigenvalue weighted by atomic mass is 32.2. The van der Waals surface area contributed by atoms with Crippen molar-refractivity contribution in [3.63, 3.8) is 0 Å². The molecule has 3 N–H and O–H groups in total. The van der Waals surface area contributed by atoms with Crippen molar-refractivity contribution in [1.29, 1.82) is 0 Å². The average molecular weight is 286 g/mol. The number of nitrogen functional groups attached to an aromatic ring is 1. The molecule has 1 saturated heterocycles. The van der Waals surface area contributed by atoms with Gasteiger partial charge in [-0.25, -0.2) is 19.2 Å². The normalized spacial score (nSPS) is 21.9. The third-order valence-electron chi connectivity index (χ3n) is 2.93. The Kier molecular flexibility index (Phi) is 4.35. The number of anilines is 1. The maximum atomic E-state index is 12.5. The van der Waals surface area contributed by atoms with Crippen LogP contribution in [0.1, 0.15) is 13.3 Å². The Labute approximate surface area is 112 Å². The van der Waals surface area contributed by atoms with Gasteiger partial charge in [-0.2, -0.15) is 4.31 Å². The monoisotopic (exact) mass is 286 g/mol. The third kappa shape index (κ3) is 3.21. The zero-order valence-electron chi connectivity index (χ0n) is 10.7. The molecule has 7 nitrogen and oxygen atoms in total. The van der Waals surface area contributed by atoms with Crippen molar-refractivity contribution in [3.8, 4) is 0 Å². The van der Waals surface area contributed by atoms with Crippen LogP contribution in [0.4, 0.5) is 5.82 Å². The molecule has 0 spiro atoms. The SMILES string of the molecule is CC1CN(S(=O)(=O)c2ccnc(NN)c2)CCCO1. The van der Waals surface area contributed by atoms with Crippen LogP contribution in [0.15, 0.2) is 23.2 Å². The van der Waals surface area contributed by atoms with Gasteiger partial charge < -0.3 is 10.2 Å². The molecular formula is C11H18N4O3S. The van der Waals surface area contributed by atoms with E-state index in [1.54, 1.807) is 0 Å². The quantitative estimate of drug-likeness (QED) is 0.607. The Morgan fingerprint density at radius 2 is 2.37 bits per heavy atom. The summed E-state index contributed by atoms with van der Waals surface area (Å²) in [5.74, 6) is 5.57. The summed E-state index contributed by atoms with van der Waals surface area (Å²) in [6.45, 7) is 3.27. The predicted molar refractivity (Wildman–Crippen MR) is 70.8 cm³/mol. The van der Waals surface area contributed by atoms with Gasteiger partial charge in [0.25, 0.3) is 0 Å². The highest BCUT2D eigenvalue weighted by molar-refractivity contribution is 7.89. The van der Waals surface area contributed by atoms with Gasteiger partial charge in [0, 0.05) is 32.0 Å². The van der Waals surface area contributed by atoms with Crippen LogP contribution in [0.2, 0.25) is 0 Å². The second-order valence-electron chi connectivity index (χ2n) is 4.42. The number of sulfonamides is 1. The Balaban J connectivity index is 2.29. The van der Waals surface area contributed by atoms with E-state index in [-0.39, 0.29) is 11.0 Å². The van der Waals surface area contributed by atoms with Gasteiger partial charge in [0.05, 0.1) is 11.0 Å². The van der Waals surface area contributed by atoms with Crippen LogP contribution in [0.3, 0.4) is 0 Å². The minimum absolute atomic E-state index is 0.105. The molecule has 1 aromatic heterocycles. The molecule has 1 atom stereocenters. The summed E-state index contributed by atoms with van der Waals surface area (Å²) in [6.07, 6.45) is 2.00. The van der Waals surface area contributed by atoms with E-state index in [0.29, 0.717) is 31.9 Å². The van der Waals surface area contributed by atoms with Crippen molar-refractivity contribution < 1.29 is 13.2 Å². The number of hydrazine groups is 1. The summed E-state index contributed by atoms with van der Waals surface area (Å²) in [5.41, 5.74) is 2.34. The van der Waals surface area contributed by atoms with E-state index in [1.807, 2.05) is 6.92 Å². The first-order valence-electron chi connectivity index (χ1n) is 6.08. The molecule has 2 heterocycles. The Bertz CT molecular complexity index is 534. The second-order valence-corrected chi connectivity index (χ2v) is 6.36. The number of nitrogens with two attached hydrogens (primary N) is 1. The lowest BCUT2D eigenvalue weighted by atomic mass is 10.4. The highest BCUT2D eigenvalue weighted by Crippen LogP contribution is 2.20. The first-order valence-corrected chi connectivity index (χ1v) is 7.52. The number of ether oxygens (including phenoxy) is 1. The lowest BCUT2D eigenvalue weighted by Gasteiger charge is -2.21. The topological polar surface area (TPSA) is 97.6 Å². The van der Waals surface area contributed by atoms with Crippen molar-refractivity contribution in [2.24, 2.45) is 5.84 Å².